The molecule has 1 saturated heterocycles. The molecular weight excluding hydrogens is 206 g/mol. The second-order valence-corrected chi connectivity index (χ2v) is 4.61. The maximum atomic E-state index is 2.48. The van der Waals surface area contributed by atoms with Gasteiger partial charge in [0.1, 0.15) is 0 Å². The van der Waals surface area contributed by atoms with Crippen LogP contribution in [-0.4, -0.2) is 13.1 Å². The van der Waals surface area contributed by atoms with Crippen LogP contribution >= 0.6 is 0 Å². The number of hydrogen-bond acceptors (Lipinski definition) is 1. The Labute approximate surface area is 103 Å². The fourth-order valence-corrected chi connectivity index (χ4v) is 2.49. The molecule has 1 nitrogen and oxygen atoms in total. The van der Waals surface area contributed by atoms with E-state index in [-0.39, 0.29) is 0 Å². The highest BCUT2D eigenvalue weighted by atomic mass is 15.1. The lowest BCUT2D eigenvalue weighted by molar-refractivity contribution is 0.949. The fraction of sp³-hybridized carbons (Fsp3) is 0.250. The molecule has 1 aliphatic rings. The zero-order valence-corrected chi connectivity index (χ0v) is 9.97. The zero-order chi connectivity index (χ0) is 11.5. The standard InChI is InChI=1S/C16H17N/c1-2-7-14(8-3-1)15-9-6-10-16(13-15)17-11-4-5-12-17/h1-3,6-10,13H,4-5,11-12H2. The third-order valence-electron chi connectivity index (χ3n) is 3.42. The molecule has 17 heavy (non-hydrogen) atoms. The Balaban J connectivity index is 1.94. The first-order valence-corrected chi connectivity index (χ1v) is 6.34. The molecule has 1 heteroatoms. The summed E-state index contributed by atoms with van der Waals surface area (Å²) >= 11 is 0. The van der Waals surface area contributed by atoms with Crippen LogP contribution in [0.5, 0.6) is 0 Å². The molecule has 0 radical (unpaired) electrons. The summed E-state index contributed by atoms with van der Waals surface area (Å²) < 4.78 is 0. The highest BCUT2D eigenvalue weighted by molar-refractivity contribution is 5.68. The van der Waals surface area contributed by atoms with Gasteiger partial charge >= 0.3 is 0 Å². The van der Waals surface area contributed by atoms with Gasteiger partial charge in [-0.05, 0) is 36.1 Å². The van der Waals surface area contributed by atoms with Crippen molar-refractivity contribution in [2.45, 2.75) is 12.8 Å². The molecule has 0 spiro atoms. The van der Waals surface area contributed by atoms with E-state index in [1.54, 1.807) is 0 Å². The fourth-order valence-electron chi connectivity index (χ4n) is 2.49. The van der Waals surface area contributed by atoms with E-state index < -0.39 is 0 Å². The third-order valence-corrected chi connectivity index (χ3v) is 3.42. The monoisotopic (exact) mass is 223 g/mol. The van der Waals surface area contributed by atoms with Crippen LogP contribution in [0.15, 0.2) is 54.6 Å². The minimum Gasteiger partial charge on any atom is -0.372 e. The van der Waals surface area contributed by atoms with Crippen LogP contribution in [-0.2, 0) is 0 Å². The second-order valence-electron chi connectivity index (χ2n) is 4.61. The molecule has 86 valence electrons. The van der Waals surface area contributed by atoms with Gasteiger partial charge in [-0.1, -0.05) is 42.5 Å². The lowest BCUT2D eigenvalue weighted by Crippen LogP contribution is -2.17. The molecule has 0 saturated carbocycles. The normalized spacial score (nSPS) is 15.2. The van der Waals surface area contributed by atoms with Crippen molar-refractivity contribution >= 4 is 5.69 Å². The van der Waals surface area contributed by atoms with Crippen molar-refractivity contribution in [1.29, 1.82) is 0 Å². The first kappa shape index (κ1) is 10.4. The van der Waals surface area contributed by atoms with Crippen molar-refractivity contribution in [3.8, 4) is 11.1 Å². The van der Waals surface area contributed by atoms with E-state index in [9.17, 15) is 0 Å². The average Bonchev–Trinajstić information content (AvgIpc) is 2.94. The zero-order valence-electron chi connectivity index (χ0n) is 9.97. The van der Waals surface area contributed by atoms with Crippen LogP contribution in [0.25, 0.3) is 11.1 Å². The summed E-state index contributed by atoms with van der Waals surface area (Å²) in [7, 11) is 0. The summed E-state index contributed by atoms with van der Waals surface area (Å²) in [5.41, 5.74) is 3.98. The lowest BCUT2D eigenvalue weighted by atomic mass is 10.1. The van der Waals surface area contributed by atoms with Gasteiger partial charge in [0.15, 0.2) is 0 Å². The van der Waals surface area contributed by atoms with E-state index >= 15 is 0 Å². The summed E-state index contributed by atoms with van der Waals surface area (Å²) in [6.07, 6.45) is 2.66. The molecule has 1 aliphatic heterocycles. The molecule has 3 rings (SSSR count). The first-order chi connectivity index (χ1) is 8.43. The van der Waals surface area contributed by atoms with Gasteiger partial charge in [0.05, 0.1) is 0 Å². The molecule has 1 heterocycles. The molecule has 0 aliphatic carbocycles. The molecule has 0 amide bonds. The Bertz CT molecular complexity index is 484. The minimum absolute atomic E-state index is 1.21. The van der Waals surface area contributed by atoms with Crippen molar-refractivity contribution in [2.24, 2.45) is 0 Å². The van der Waals surface area contributed by atoms with Gasteiger partial charge in [0.2, 0.25) is 0 Å². The molecule has 1 fully saturated rings. The van der Waals surface area contributed by atoms with Crippen molar-refractivity contribution in [3.05, 3.63) is 54.6 Å². The van der Waals surface area contributed by atoms with Gasteiger partial charge in [-0.3, -0.25) is 0 Å². The summed E-state index contributed by atoms with van der Waals surface area (Å²) in [6, 6.07) is 19.5. The minimum atomic E-state index is 1.21. The van der Waals surface area contributed by atoms with Crippen LogP contribution in [0, 0.1) is 0 Å². The SMILES string of the molecule is c1ccc(-c2cccc(N3CCCC3)c2)cc1. The number of rotatable bonds is 2. The van der Waals surface area contributed by atoms with Gasteiger partial charge in [-0.2, -0.15) is 0 Å². The molecule has 0 aromatic heterocycles. The van der Waals surface area contributed by atoms with Crippen LogP contribution in [0.4, 0.5) is 5.69 Å². The number of benzene rings is 2. The topological polar surface area (TPSA) is 3.24 Å². The predicted octanol–water partition coefficient (Wildman–Crippen LogP) is 3.95. The summed E-state index contributed by atoms with van der Waals surface area (Å²) in [4.78, 5) is 2.48. The summed E-state index contributed by atoms with van der Waals surface area (Å²) in [5.74, 6) is 0. The Hall–Kier alpha value is -1.76. The number of hydrogen-bond donors (Lipinski definition) is 0. The molecule has 0 atom stereocenters. The maximum absolute atomic E-state index is 2.48. The van der Waals surface area contributed by atoms with Gasteiger partial charge in [0.25, 0.3) is 0 Å². The number of anilines is 1. The van der Waals surface area contributed by atoms with Crippen LogP contribution in [0.2, 0.25) is 0 Å². The highest BCUT2D eigenvalue weighted by Gasteiger charge is 2.12. The van der Waals surface area contributed by atoms with Gasteiger partial charge in [-0.15, -0.1) is 0 Å². The van der Waals surface area contributed by atoms with Gasteiger partial charge in [-0.25, -0.2) is 0 Å². The van der Waals surface area contributed by atoms with E-state index in [2.05, 4.69) is 59.5 Å². The lowest BCUT2D eigenvalue weighted by Gasteiger charge is -2.18. The Kier molecular flexibility index (Phi) is 2.83. The van der Waals surface area contributed by atoms with Crippen molar-refractivity contribution in [2.75, 3.05) is 18.0 Å². The molecule has 0 unspecified atom stereocenters. The predicted molar refractivity (Wildman–Crippen MR) is 73.3 cm³/mol. The van der Waals surface area contributed by atoms with Crippen LogP contribution in [0.3, 0.4) is 0 Å². The van der Waals surface area contributed by atoms with Crippen molar-refractivity contribution in [3.63, 3.8) is 0 Å². The Morgan fingerprint density at radius 3 is 2.18 bits per heavy atom. The van der Waals surface area contributed by atoms with E-state index in [0.717, 1.165) is 0 Å². The quantitative estimate of drug-likeness (QED) is 0.745. The second kappa shape index (κ2) is 4.62. The summed E-state index contributed by atoms with van der Waals surface area (Å²) in [5, 5.41) is 0. The molecule has 0 N–H and O–H groups in total. The first-order valence-electron chi connectivity index (χ1n) is 6.34. The van der Waals surface area contributed by atoms with Gasteiger partial charge in [0, 0.05) is 18.8 Å². The third kappa shape index (κ3) is 2.19. The van der Waals surface area contributed by atoms with E-state index in [1.807, 2.05) is 0 Å². The molecular formula is C16H17N. The van der Waals surface area contributed by atoms with Crippen molar-refractivity contribution < 1.29 is 0 Å². The Morgan fingerprint density at radius 2 is 1.41 bits per heavy atom. The molecule has 0 bridgehead atoms. The van der Waals surface area contributed by atoms with E-state index in [0.29, 0.717) is 0 Å². The van der Waals surface area contributed by atoms with Crippen LogP contribution in [0.1, 0.15) is 12.8 Å². The van der Waals surface area contributed by atoms with E-state index in [1.165, 1.54) is 42.7 Å². The largest absolute Gasteiger partial charge is 0.372 e. The van der Waals surface area contributed by atoms with Gasteiger partial charge < -0.3 is 4.90 Å². The van der Waals surface area contributed by atoms with E-state index in [4.69, 9.17) is 0 Å². The molecule has 2 aromatic rings. The highest BCUT2D eigenvalue weighted by Crippen LogP contribution is 2.26. The maximum Gasteiger partial charge on any atom is 0.0372 e. The summed E-state index contributed by atoms with van der Waals surface area (Å²) in [6.45, 7) is 2.41. The smallest absolute Gasteiger partial charge is 0.0372 e. The Morgan fingerprint density at radius 1 is 0.706 bits per heavy atom. The van der Waals surface area contributed by atoms with Crippen LogP contribution < -0.4 is 4.90 Å². The average molecular weight is 223 g/mol. The van der Waals surface area contributed by atoms with Crippen molar-refractivity contribution in [1.82, 2.24) is 0 Å². The number of nitrogens with zero attached hydrogens (tertiary/aromatic N) is 1. The molecule has 2 aromatic carbocycles.